The van der Waals surface area contributed by atoms with Crippen molar-refractivity contribution < 1.29 is 18.0 Å². The van der Waals surface area contributed by atoms with Crippen molar-refractivity contribution in [2.45, 2.75) is 56.9 Å². The number of hydrogen-bond donors (Lipinski definition) is 2. The second kappa shape index (κ2) is 7.28. The third-order valence-corrected chi connectivity index (χ3v) is 6.86. The molecule has 0 aliphatic carbocycles. The van der Waals surface area contributed by atoms with Gasteiger partial charge in [-0.25, -0.2) is 0 Å². The zero-order chi connectivity index (χ0) is 24.5. The normalized spacial score (nSPS) is 25.4. The number of halogens is 3. The minimum atomic E-state index is -4.54. The Hall–Kier alpha value is -3.43. The third kappa shape index (κ3) is 3.26. The molecule has 3 aliphatic heterocycles. The van der Waals surface area contributed by atoms with E-state index in [1.54, 1.807) is 18.3 Å². The first-order chi connectivity index (χ1) is 16.0. The molecule has 10 heteroatoms. The van der Waals surface area contributed by atoms with Gasteiger partial charge in [0.15, 0.2) is 11.9 Å². The summed E-state index contributed by atoms with van der Waals surface area (Å²) in [5, 5.41) is 18.6. The summed E-state index contributed by atoms with van der Waals surface area (Å²) in [5.41, 5.74) is 1.81. The summed E-state index contributed by atoms with van der Waals surface area (Å²) < 4.78 is 41.0. The van der Waals surface area contributed by atoms with Gasteiger partial charge in [-0.3, -0.25) is 9.48 Å². The fourth-order valence-corrected chi connectivity index (χ4v) is 5.43. The topological polar surface area (TPSA) is 83.7 Å². The molecule has 1 aromatic heterocycles. The van der Waals surface area contributed by atoms with Crippen LogP contribution in [0.15, 0.2) is 63.6 Å². The van der Waals surface area contributed by atoms with Crippen LogP contribution in [-0.2, 0) is 23.4 Å². The molecule has 2 N–H and O–H groups in total. The molecule has 0 fully saturated rings. The average molecular weight is 470 g/mol. The number of amides is 1. The SMILES string of the molecule is CC[C@@]1(c2cccc(-c3cc(C(F)(F)F)nn3C)c2)C2=CN=NC2NC2=C1C(=O)NC(C)(C)C2. The molecule has 3 aliphatic rings. The first-order valence-corrected chi connectivity index (χ1v) is 11.1. The highest BCUT2D eigenvalue weighted by atomic mass is 19.4. The molecule has 1 aromatic carbocycles. The van der Waals surface area contributed by atoms with Crippen LogP contribution in [0, 0.1) is 0 Å². The Labute approximate surface area is 194 Å². The number of rotatable bonds is 3. The van der Waals surface area contributed by atoms with Gasteiger partial charge in [0.1, 0.15) is 0 Å². The van der Waals surface area contributed by atoms with Crippen LogP contribution in [0.1, 0.15) is 44.9 Å². The molecule has 7 nitrogen and oxygen atoms in total. The van der Waals surface area contributed by atoms with Crippen molar-refractivity contribution in [2.24, 2.45) is 17.3 Å². The maximum absolute atomic E-state index is 13.5. The van der Waals surface area contributed by atoms with Gasteiger partial charge < -0.3 is 10.6 Å². The smallest absolute Gasteiger partial charge is 0.362 e. The lowest BCUT2D eigenvalue weighted by Crippen LogP contribution is -2.58. The minimum Gasteiger partial charge on any atom is -0.362 e. The number of carbonyl (C=O) groups is 1. The summed E-state index contributed by atoms with van der Waals surface area (Å²) in [6, 6.07) is 8.35. The fraction of sp³-hybridized carbons (Fsp3) is 0.417. The number of azo groups is 1. The number of carbonyl (C=O) groups excluding carboxylic acids is 1. The van der Waals surface area contributed by atoms with Gasteiger partial charge in [0.25, 0.3) is 5.91 Å². The second-order valence-corrected chi connectivity index (χ2v) is 9.61. The molecule has 1 amide bonds. The molecule has 1 unspecified atom stereocenters. The number of nitrogens with zero attached hydrogens (tertiary/aromatic N) is 4. The molecule has 0 radical (unpaired) electrons. The van der Waals surface area contributed by atoms with Gasteiger partial charge in [0, 0.05) is 35.8 Å². The van der Waals surface area contributed by atoms with E-state index in [9.17, 15) is 18.0 Å². The second-order valence-electron chi connectivity index (χ2n) is 9.61. The Morgan fingerprint density at radius 3 is 2.68 bits per heavy atom. The minimum absolute atomic E-state index is 0.169. The van der Waals surface area contributed by atoms with Crippen LogP contribution in [0.5, 0.6) is 0 Å². The molecular formula is C24H25F3N6O. The van der Waals surface area contributed by atoms with Gasteiger partial charge in [0.05, 0.1) is 22.9 Å². The van der Waals surface area contributed by atoms with Gasteiger partial charge in [-0.1, -0.05) is 25.1 Å². The van der Waals surface area contributed by atoms with Crippen LogP contribution in [0.25, 0.3) is 11.3 Å². The van der Waals surface area contributed by atoms with E-state index >= 15 is 0 Å². The first kappa shape index (κ1) is 22.4. The predicted octanol–water partition coefficient (Wildman–Crippen LogP) is 4.59. The van der Waals surface area contributed by atoms with Crippen molar-refractivity contribution in [3.8, 4) is 11.3 Å². The largest absolute Gasteiger partial charge is 0.435 e. The molecule has 178 valence electrons. The Bertz CT molecular complexity index is 1290. The summed E-state index contributed by atoms with van der Waals surface area (Å²) in [6.45, 7) is 5.93. The summed E-state index contributed by atoms with van der Waals surface area (Å²) >= 11 is 0. The molecule has 0 spiro atoms. The summed E-state index contributed by atoms with van der Waals surface area (Å²) in [4.78, 5) is 13.5. The highest BCUT2D eigenvalue weighted by Crippen LogP contribution is 2.51. The zero-order valence-corrected chi connectivity index (χ0v) is 19.3. The lowest BCUT2D eigenvalue weighted by Gasteiger charge is -2.48. The van der Waals surface area contributed by atoms with Crippen molar-refractivity contribution in [3.05, 3.63) is 64.6 Å². The van der Waals surface area contributed by atoms with E-state index < -0.39 is 29.0 Å². The number of benzene rings is 1. The number of aryl methyl sites for hydroxylation is 1. The van der Waals surface area contributed by atoms with Gasteiger partial charge >= 0.3 is 6.18 Å². The Balaban J connectivity index is 1.71. The van der Waals surface area contributed by atoms with Crippen molar-refractivity contribution in [3.63, 3.8) is 0 Å². The number of aromatic nitrogens is 2. The van der Waals surface area contributed by atoms with Gasteiger partial charge in [-0.2, -0.15) is 28.5 Å². The van der Waals surface area contributed by atoms with E-state index in [0.717, 1.165) is 22.9 Å². The molecule has 5 rings (SSSR count). The van der Waals surface area contributed by atoms with Gasteiger partial charge in [0.2, 0.25) is 0 Å². The Morgan fingerprint density at radius 2 is 2.00 bits per heavy atom. The predicted molar refractivity (Wildman–Crippen MR) is 119 cm³/mol. The van der Waals surface area contributed by atoms with Crippen LogP contribution in [-0.4, -0.2) is 27.4 Å². The highest BCUT2D eigenvalue weighted by Gasteiger charge is 2.53. The highest BCUT2D eigenvalue weighted by molar-refractivity contribution is 6.00. The maximum atomic E-state index is 13.5. The van der Waals surface area contributed by atoms with Crippen molar-refractivity contribution >= 4 is 5.91 Å². The van der Waals surface area contributed by atoms with E-state index in [4.69, 9.17) is 0 Å². The van der Waals surface area contributed by atoms with E-state index in [0.29, 0.717) is 29.7 Å². The van der Waals surface area contributed by atoms with Crippen molar-refractivity contribution in [1.29, 1.82) is 0 Å². The molecule has 2 aromatic rings. The van der Waals surface area contributed by atoms with Gasteiger partial charge in [-0.15, -0.1) is 0 Å². The van der Waals surface area contributed by atoms with E-state index in [-0.39, 0.29) is 5.91 Å². The summed E-state index contributed by atoms with van der Waals surface area (Å²) in [6.07, 6.45) is -2.08. The zero-order valence-electron chi connectivity index (χ0n) is 19.3. The van der Waals surface area contributed by atoms with Gasteiger partial charge in [-0.05, 0) is 38.0 Å². The Kier molecular flexibility index (Phi) is 4.79. The number of alkyl halides is 3. The molecule has 0 saturated carbocycles. The molecule has 0 bridgehead atoms. The lowest BCUT2D eigenvalue weighted by atomic mass is 9.62. The quantitative estimate of drug-likeness (QED) is 0.689. The monoisotopic (exact) mass is 470 g/mol. The van der Waals surface area contributed by atoms with Crippen LogP contribution in [0.3, 0.4) is 0 Å². The molecule has 34 heavy (non-hydrogen) atoms. The molecule has 2 atom stereocenters. The van der Waals surface area contributed by atoms with Crippen molar-refractivity contribution in [1.82, 2.24) is 20.4 Å². The van der Waals surface area contributed by atoms with Crippen LogP contribution >= 0.6 is 0 Å². The maximum Gasteiger partial charge on any atom is 0.435 e. The number of fused-ring (bicyclic) bond motifs is 1. The average Bonchev–Trinajstić information content (AvgIpc) is 3.38. The first-order valence-electron chi connectivity index (χ1n) is 11.1. The van der Waals surface area contributed by atoms with Crippen molar-refractivity contribution in [2.75, 3.05) is 0 Å². The number of hydrogen-bond acceptors (Lipinski definition) is 5. The molecular weight excluding hydrogens is 445 g/mol. The fourth-order valence-electron chi connectivity index (χ4n) is 5.43. The van der Waals surface area contributed by atoms with Crippen LogP contribution in [0.2, 0.25) is 0 Å². The van der Waals surface area contributed by atoms with Crippen LogP contribution < -0.4 is 10.6 Å². The summed E-state index contributed by atoms with van der Waals surface area (Å²) in [5.74, 6) is -0.169. The van der Waals surface area contributed by atoms with Crippen LogP contribution in [0.4, 0.5) is 13.2 Å². The van der Waals surface area contributed by atoms with E-state index in [1.165, 1.54) is 11.7 Å². The molecule has 4 heterocycles. The molecule has 0 saturated heterocycles. The number of nitrogens with one attached hydrogen (secondary N) is 2. The van der Waals surface area contributed by atoms with E-state index in [1.807, 2.05) is 32.9 Å². The lowest BCUT2D eigenvalue weighted by molar-refractivity contribution is -0.141. The van der Waals surface area contributed by atoms with E-state index in [2.05, 4.69) is 26.0 Å². The Morgan fingerprint density at radius 1 is 1.24 bits per heavy atom. The third-order valence-electron chi connectivity index (χ3n) is 6.86. The standard InChI is InChI=1S/C24H25F3N6O/c1-5-23(14-8-6-7-13(9-14)17-10-18(24(25,26)27)32-33(17)4)15-12-28-31-20(15)29-16-11-22(2,3)30-21(34)19(16)23/h6-10,12,20,29H,5,11H2,1-4H3,(H,30,34)/t20?,23-/m1/s1. The summed E-state index contributed by atoms with van der Waals surface area (Å²) in [7, 11) is 1.49.